The summed E-state index contributed by atoms with van der Waals surface area (Å²) in [5, 5.41) is 15.9. The van der Waals surface area contributed by atoms with Crippen LogP contribution >= 0.6 is 0 Å². The van der Waals surface area contributed by atoms with Crippen LogP contribution in [0, 0.1) is 0 Å². The van der Waals surface area contributed by atoms with Gasteiger partial charge in [0.25, 0.3) is 0 Å². The second-order valence-electron chi connectivity index (χ2n) is 3.42. The van der Waals surface area contributed by atoms with Crippen LogP contribution in [0.5, 0.6) is 0 Å². The quantitative estimate of drug-likeness (QED) is 0.527. The van der Waals surface area contributed by atoms with Crippen LogP contribution in [0.2, 0.25) is 0 Å². The average molecular weight is 380 g/mol. The predicted molar refractivity (Wildman–Crippen MR) is 97.8 cm³/mol. The molecular weight excluding hydrogens is 339 g/mol. The Labute approximate surface area is 155 Å². The summed E-state index contributed by atoms with van der Waals surface area (Å²) in [5.41, 5.74) is 0. The standard InChI is InChI=1S/4C4H10N.Zr/c4*1-3-5-4-2;/h4*3-4H2,1-2H3;/q4*-1;+4. The van der Waals surface area contributed by atoms with E-state index in [1.165, 1.54) is 0 Å². The molecule has 5 heteroatoms. The second kappa shape index (κ2) is 49.8. The minimum absolute atomic E-state index is 0. The fourth-order valence-electron chi connectivity index (χ4n) is 0.894. The maximum Gasteiger partial charge on any atom is 4.00 e. The van der Waals surface area contributed by atoms with E-state index in [4.69, 9.17) is 0 Å². The van der Waals surface area contributed by atoms with E-state index in [9.17, 15) is 0 Å². The van der Waals surface area contributed by atoms with Crippen molar-refractivity contribution in [3.63, 3.8) is 0 Å². The summed E-state index contributed by atoms with van der Waals surface area (Å²) in [4.78, 5) is 0. The van der Waals surface area contributed by atoms with Gasteiger partial charge in [0, 0.05) is 0 Å². The molecule has 0 amide bonds. The molecule has 0 heterocycles. The van der Waals surface area contributed by atoms with Crippen molar-refractivity contribution in [3.8, 4) is 0 Å². The van der Waals surface area contributed by atoms with Crippen molar-refractivity contribution < 1.29 is 26.2 Å². The van der Waals surface area contributed by atoms with Crippen LogP contribution in [0.1, 0.15) is 55.4 Å². The Bertz CT molecular complexity index is 74.3. The molecule has 0 rings (SSSR count). The van der Waals surface area contributed by atoms with Crippen molar-refractivity contribution in [2.45, 2.75) is 55.4 Å². The molecule has 21 heavy (non-hydrogen) atoms. The van der Waals surface area contributed by atoms with Crippen LogP contribution in [0.3, 0.4) is 0 Å². The van der Waals surface area contributed by atoms with Gasteiger partial charge in [-0.3, -0.25) is 0 Å². The molecule has 0 spiro atoms. The van der Waals surface area contributed by atoms with Crippen LogP contribution in [0.25, 0.3) is 21.3 Å². The number of rotatable bonds is 8. The molecule has 0 atom stereocenters. The maximum atomic E-state index is 3.97. The molecule has 0 radical (unpaired) electrons. The van der Waals surface area contributed by atoms with E-state index in [0.717, 1.165) is 52.4 Å². The predicted octanol–water partition coefficient (Wildman–Crippen LogP) is 5.60. The van der Waals surface area contributed by atoms with Gasteiger partial charge in [-0.25, -0.2) is 0 Å². The molecule has 0 aromatic heterocycles. The van der Waals surface area contributed by atoms with Crippen LogP contribution in [-0.2, 0) is 26.2 Å². The summed E-state index contributed by atoms with van der Waals surface area (Å²) in [6.45, 7) is 24.1. The molecule has 0 N–H and O–H groups in total. The molecule has 0 aliphatic heterocycles. The van der Waals surface area contributed by atoms with E-state index in [1.54, 1.807) is 0 Å². The van der Waals surface area contributed by atoms with Crippen LogP contribution in [0.15, 0.2) is 0 Å². The summed E-state index contributed by atoms with van der Waals surface area (Å²) in [6.07, 6.45) is 0. The molecule has 0 bridgehead atoms. The molecule has 4 nitrogen and oxygen atoms in total. The van der Waals surface area contributed by atoms with Gasteiger partial charge in [-0.1, -0.05) is 55.4 Å². The molecule has 0 aliphatic rings. The Morgan fingerprint density at radius 2 is 0.429 bits per heavy atom. The third kappa shape index (κ3) is 95.5. The zero-order valence-electron chi connectivity index (χ0n) is 15.9. The zero-order valence-corrected chi connectivity index (χ0v) is 18.4. The van der Waals surface area contributed by atoms with Gasteiger partial charge in [-0.05, 0) is 0 Å². The summed E-state index contributed by atoms with van der Waals surface area (Å²) in [6, 6.07) is 0. The smallest absolute Gasteiger partial charge is 0.663 e. The molecule has 128 valence electrons. The zero-order chi connectivity index (χ0) is 16.5. The fourth-order valence-corrected chi connectivity index (χ4v) is 0.894. The molecule has 0 aromatic rings. The molecule has 0 fully saturated rings. The van der Waals surface area contributed by atoms with Gasteiger partial charge >= 0.3 is 26.2 Å². The first-order valence-corrected chi connectivity index (χ1v) is 8.19. The van der Waals surface area contributed by atoms with Gasteiger partial charge in [0.1, 0.15) is 0 Å². The maximum absolute atomic E-state index is 3.97. The Hall–Kier alpha value is 0.723. The Morgan fingerprint density at radius 1 is 0.333 bits per heavy atom. The van der Waals surface area contributed by atoms with Gasteiger partial charge in [0.2, 0.25) is 0 Å². The van der Waals surface area contributed by atoms with E-state index in [0.29, 0.717) is 0 Å². The van der Waals surface area contributed by atoms with Gasteiger partial charge < -0.3 is 21.3 Å². The van der Waals surface area contributed by atoms with E-state index < -0.39 is 0 Å². The average Bonchev–Trinajstić information content (AvgIpc) is 2.44. The monoisotopic (exact) mass is 378 g/mol. The molecule has 0 unspecified atom stereocenters. The molecule has 0 aromatic carbocycles. The van der Waals surface area contributed by atoms with E-state index >= 15 is 0 Å². The summed E-state index contributed by atoms with van der Waals surface area (Å²) in [5.74, 6) is 0. The Morgan fingerprint density at radius 3 is 0.429 bits per heavy atom. The second-order valence-corrected chi connectivity index (χ2v) is 3.42. The van der Waals surface area contributed by atoms with Crippen molar-refractivity contribution in [2.24, 2.45) is 0 Å². The summed E-state index contributed by atoms with van der Waals surface area (Å²) >= 11 is 0. The first kappa shape index (κ1) is 33.4. The topological polar surface area (TPSA) is 56.4 Å². The number of nitrogens with zero attached hydrogens (tertiary/aromatic N) is 4. The van der Waals surface area contributed by atoms with Crippen LogP contribution in [-0.4, -0.2) is 52.4 Å². The van der Waals surface area contributed by atoms with Crippen molar-refractivity contribution in [1.29, 1.82) is 0 Å². The van der Waals surface area contributed by atoms with E-state index in [2.05, 4.69) is 21.3 Å². The number of hydrogen-bond donors (Lipinski definition) is 0. The summed E-state index contributed by atoms with van der Waals surface area (Å²) in [7, 11) is 0. The molecule has 0 aliphatic carbocycles. The Kier molecular flexibility index (Phi) is 79.1. The van der Waals surface area contributed by atoms with Crippen LogP contribution < -0.4 is 0 Å². The molecule has 0 saturated carbocycles. The van der Waals surface area contributed by atoms with Crippen LogP contribution in [0.4, 0.5) is 0 Å². The fraction of sp³-hybridized carbons (Fsp3) is 1.00. The Balaban J connectivity index is -0.0000000533. The van der Waals surface area contributed by atoms with E-state index in [-0.39, 0.29) is 26.2 Å². The summed E-state index contributed by atoms with van der Waals surface area (Å²) < 4.78 is 0. The van der Waals surface area contributed by atoms with Gasteiger partial charge in [-0.15, -0.1) is 0 Å². The van der Waals surface area contributed by atoms with Crippen molar-refractivity contribution >= 4 is 0 Å². The van der Waals surface area contributed by atoms with Crippen molar-refractivity contribution in [2.75, 3.05) is 52.4 Å². The minimum Gasteiger partial charge on any atom is -0.663 e. The minimum atomic E-state index is 0. The van der Waals surface area contributed by atoms with Crippen molar-refractivity contribution in [3.05, 3.63) is 21.3 Å². The number of hydrogen-bond acceptors (Lipinski definition) is 0. The SMILES string of the molecule is CC[N-]CC.CC[N-]CC.CC[N-]CC.CC[N-]CC.[Zr+4]. The first-order chi connectivity index (χ1) is 9.66. The van der Waals surface area contributed by atoms with E-state index in [1.807, 2.05) is 55.4 Å². The largest absolute Gasteiger partial charge is 4.00 e. The third-order valence-electron chi connectivity index (χ3n) is 1.79. The third-order valence-corrected chi connectivity index (χ3v) is 1.79. The molecular formula is C16H40N4Zr. The molecule has 0 saturated heterocycles. The first-order valence-electron chi connectivity index (χ1n) is 8.19. The van der Waals surface area contributed by atoms with Gasteiger partial charge in [0.15, 0.2) is 0 Å². The van der Waals surface area contributed by atoms with Gasteiger partial charge in [0.05, 0.1) is 0 Å². The van der Waals surface area contributed by atoms with Crippen molar-refractivity contribution in [1.82, 2.24) is 0 Å². The normalized spacial score (nSPS) is 8.00. The van der Waals surface area contributed by atoms with Gasteiger partial charge in [-0.2, -0.15) is 52.4 Å².